The number of nitrogens with zero attached hydrogens (tertiary/aromatic N) is 2. The van der Waals surface area contributed by atoms with Crippen molar-refractivity contribution in [2.75, 3.05) is 18.4 Å². The van der Waals surface area contributed by atoms with Crippen molar-refractivity contribution in [2.24, 2.45) is 5.92 Å². The number of carbonyl (C=O) groups is 1. The Bertz CT molecular complexity index is 901. The van der Waals surface area contributed by atoms with Crippen LogP contribution in [0.3, 0.4) is 0 Å². The molecule has 2 heterocycles. The molecule has 0 saturated carbocycles. The number of aromatic nitrogens is 1. The molecule has 140 valence electrons. The maximum absolute atomic E-state index is 13.3. The maximum Gasteiger partial charge on any atom is 0.243 e. The van der Waals surface area contributed by atoms with Crippen LogP contribution in [0.5, 0.6) is 0 Å². The van der Waals surface area contributed by atoms with Gasteiger partial charge in [-0.3, -0.25) is 4.79 Å². The number of rotatable bonds is 4. The fourth-order valence-corrected chi connectivity index (χ4v) is 4.35. The first kappa shape index (κ1) is 18.5. The molecule has 2 aromatic rings. The summed E-state index contributed by atoms with van der Waals surface area (Å²) in [6, 6.07) is 3.76. The Hall–Kier alpha value is -2.33. The molecule has 0 bridgehead atoms. The average Bonchev–Trinajstić information content (AvgIpc) is 2.99. The highest BCUT2D eigenvalue weighted by Gasteiger charge is 2.32. The van der Waals surface area contributed by atoms with Gasteiger partial charge in [-0.05, 0) is 31.9 Å². The summed E-state index contributed by atoms with van der Waals surface area (Å²) in [6.45, 7) is 1.86. The Labute approximate surface area is 149 Å². The molecule has 1 amide bonds. The number of piperidine rings is 1. The van der Waals surface area contributed by atoms with Crippen molar-refractivity contribution in [3.63, 3.8) is 0 Å². The Morgan fingerprint density at radius 2 is 1.81 bits per heavy atom. The third kappa shape index (κ3) is 3.91. The van der Waals surface area contributed by atoms with E-state index in [0.29, 0.717) is 30.5 Å². The van der Waals surface area contributed by atoms with E-state index in [9.17, 15) is 22.0 Å². The second-order valence-corrected chi connectivity index (χ2v) is 8.03. The van der Waals surface area contributed by atoms with Gasteiger partial charge in [0.25, 0.3) is 0 Å². The quantitative estimate of drug-likeness (QED) is 0.872. The zero-order valence-corrected chi connectivity index (χ0v) is 14.7. The van der Waals surface area contributed by atoms with Crippen LogP contribution < -0.4 is 5.32 Å². The summed E-state index contributed by atoms with van der Waals surface area (Å²) in [5.41, 5.74) is 0. The number of anilines is 1. The molecule has 1 N–H and O–H groups in total. The first-order valence-electron chi connectivity index (χ1n) is 7.96. The first-order valence-corrected chi connectivity index (χ1v) is 9.40. The highest BCUT2D eigenvalue weighted by molar-refractivity contribution is 7.89. The summed E-state index contributed by atoms with van der Waals surface area (Å²) in [6.07, 6.45) is 0.583. The minimum absolute atomic E-state index is 0.0798. The Morgan fingerprint density at radius 3 is 2.35 bits per heavy atom. The number of aryl methyl sites for hydroxylation is 1. The summed E-state index contributed by atoms with van der Waals surface area (Å²) >= 11 is 0. The van der Waals surface area contributed by atoms with Crippen molar-refractivity contribution >= 4 is 21.7 Å². The number of carbonyl (C=O) groups excluding carboxylic acids is 1. The van der Waals surface area contributed by atoms with Crippen LogP contribution in [0.1, 0.15) is 18.6 Å². The fraction of sp³-hybridized carbons (Fsp3) is 0.375. The Morgan fingerprint density at radius 1 is 1.19 bits per heavy atom. The molecule has 0 spiro atoms. The van der Waals surface area contributed by atoms with E-state index in [1.54, 1.807) is 13.0 Å². The lowest BCUT2D eigenvalue weighted by Crippen LogP contribution is -2.41. The second-order valence-electron chi connectivity index (χ2n) is 6.10. The van der Waals surface area contributed by atoms with Crippen LogP contribution >= 0.6 is 0 Å². The molecule has 0 aliphatic carbocycles. The van der Waals surface area contributed by atoms with E-state index in [-0.39, 0.29) is 24.9 Å². The van der Waals surface area contributed by atoms with E-state index in [1.165, 1.54) is 0 Å². The zero-order valence-electron chi connectivity index (χ0n) is 13.9. The lowest BCUT2D eigenvalue weighted by Gasteiger charge is -2.30. The molecule has 0 atom stereocenters. The number of amides is 1. The number of benzene rings is 1. The molecule has 1 aliphatic rings. The van der Waals surface area contributed by atoms with Gasteiger partial charge >= 0.3 is 0 Å². The van der Waals surface area contributed by atoms with Gasteiger partial charge in [0.05, 0.1) is 4.90 Å². The maximum atomic E-state index is 13.3. The van der Waals surface area contributed by atoms with E-state index in [2.05, 4.69) is 10.5 Å². The van der Waals surface area contributed by atoms with Crippen molar-refractivity contribution in [2.45, 2.75) is 24.7 Å². The highest BCUT2D eigenvalue weighted by Crippen LogP contribution is 2.25. The number of nitrogens with one attached hydrogen (secondary N) is 1. The van der Waals surface area contributed by atoms with Crippen LogP contribution in [-0.2, 0) is 14.8 Å². The van der Waals surface area contributed by atoms with Crippen LogP contribution in [0, 0.1) is 24.5 Å². The average molecular weight is 385 g/mol. The molecule has 1 aliphatic heterocycles. The molecule has 3 rings (SSSR count). The monoisotopic (exact) mass is 385 g/mol. The van der Waals surface area contributed by atoms with Gasteiger partial charge in [-0.1, -0.05) is 5.16 Å². The molecule has 7 nitrogen and oxygen atoms in total. The summed E-state index contributed by atoms with van der Waals surface area (Å²) in [5, 5.41) is 6.30. The minimum atomic E-state index is -4.02. The third-order valence-electron chi connectivity index (χ3n) is 4.18. The summed E-state index contributed by atoms with van der Waals surface area (Å²) < 4.78 is 57.7. The van der Waals surface area contributed by atoms with Crippen LogP contribution in [0.2, 0.25) is 0 Å². The topological polar surface area (TPSA) is 92.5 Å². The molecule has 26 heavy (non-hydrogen) atoms. The van der Waals surface area contributed by atoms with Crippen LogP contribution in [0.25, 0.3) is 0 Å². The lowest BCUT2D eigenvalue weighted by atomic mass is 9.97. The summed E-state index contributed by atoms with van der Waals surface area (Å²) in [7, 11) is -4.02. The molecule has 0 unspecified atom stereocenters. The predicted octanol–water partition coefficient (Wildman–Crippen LogP) is 2.30. The van der Waals surface area contributed by atoms with E-state index >= 15 is 0 Å². The standard InChI is InChI=1S/C16H17F2N3O4S/c1-10-6-15(20-25-10)19-16(22)11-2-4-21(5-3-11)26(23,24)14-8-12(17)7-13(18)9-14/h6-9,11H,2-5H2,1H3,(H,19,20,22). The molecule has 1 aromatic heterocycles. The van der Waals surface area contributed by atoms with Gasteiger partial charge in [0, 0.05) is 31.1 Å². The lowest BCUT2D eigenvalue weighted by molar-refractivity contribution is -0.120. The van der Waals surface area contributed by atoms with Crippen molar-refractivity contribution in [1.82, 2.24) is 9.46 Å². The number of sulfonamides is 1. The zero-order chi connectivity index (χ0) is 18.9. The van der Waals surface area contributed by atoms with E-state index < -0.39 is 26.6 Å². The van der Waals surface area contributed by atoms with Crippen LogP contribution in [-0.4, -0.2) is 36.9 Å². The molecule has 1 saturated heterocycles. The van der Waals surface area contributed by atoms with Crippen LogP contribution in [0.15, 0.2) is 33.7 Å². The highest BCUT2D eigenvalue weighted by atomic mass is 32.2. The molecule has 1 aromatic carbocycles. The van der Waals surface area contributed by atoms with E-state index in [0.717, 1.165) is 16.4 Å². The fourth-order valence-electron chi connectivity index (χ4n) is 2.84. The first-order chi connectivity index (χ1) is 12.3. The smallest absolute Gasteiger partial charge is 0.243 e. The third-order valence-corrected chi connectivity index (χ3v) is 6.05. The van der Waals surface area contributed by atoms with Gasteiger partial charge in [0.1, 0.15) is 17.4 Å². The van der Waals surface area contributed by atoms with Crippen molar-refractivity contribution in [3.05, 3.63) is 41.7 Å². The van der Waals surface area contributed by atoms with E-state index in [4.69, 9.17) is 4.52 Å². The van der Waals surface area contributed by atoms with Gasteiger partial charge in [-0.2, -0.15) is 4.31 Å². The number of hydrogen-bond donors (Lipinski definition) is 1. The Kier molecular flexibility index (Phi) is 5.05. The molecular weight excluding hydrogens is 368 g/mol. The molecule has 1 fully saturated rings. The summed E-state index contributed by atoms with van der Waals surface area (Å²) in [5.74, 6) is -1.71. The minimum Gasteiger partial charge on any atom is -0.360 e. The SMILES string of the molecule is Cc1cc(NC(=O)C2CCN(S(=O)(=O)c3cc(F)cc(F)c3)CC2)no1. The van der Waals surface area contributed by atoms with Crippen molar-refractivity contribution in [1.29, 1.82) is 0 Å². The molecular formula is C16H17F2N3O4S. The van der Waals surface area contributed by atoms with Gasteiger partial charge < -0.3 is 9.84 Å². The number of hydrogen-bond acceptors (Lipinski definition) is 5. The van der Waals surface area contributed by atoms with Gasteiger partial charge in [0.15, 0.2) is 5.82 Å². The van der Waals surface area contributed by atoms with Crippen LogP contribution in [0.4, 0.5) is 14.6 Å². The predicted molar refractivity (Wildman–Crippen MR) is 87.7 cm³/mol. The largest absolute Gasteiger partial charge is 0.360 e. The van der Waals surface area contributed by atoms with Crippen molar-refractivity contribution in [3.8, 4) is 0 Å². The van der Waals surface area contributed by atoms with E-state index in [1.807, 2.05) is 0 Å². The van der Waals surface area contributed by atoms with Gasteiger partial charge in [-0.15, -0.1) is 0 Å². The normalized spacial score (nSPS) is 16.6. The van der Waals surface area contributed by atoms with Gasteiger partial charge in [0.2, 0.25) is 15.9 Å². The molecule has 0 radical (unpaired) electrons. The number of halogens is 2. The second kappa shape index (κ2) is 7.12. The Balaban J connectivity index is 1.64. The van der Waals surface area contributed by atoms with Gasteiger partial charge in [-0.25, -0.2) is 17.2 Å². The summed E-state index contributed by atoms with van der Waals surface area (Å²) in [4.78, 5) is 11.8. The molecule has 10 heteroatoms. The van der Waals surface area contributed by atoms with Crippen molar-refractivity contribution < 1.29 is 26.5 Å².